The number of thiophene rings is 1. The summed E-state index contributed by atoms with van der Waals surface area (Å²) in [5.41, 5.74) is 0.578. The Balaban J connectivity index is 2.01. The molecule has 0 saturated carbocycles. The molecule has 0 aliphatic heterocycles. The van der Waals surface area contributed by atoms with Crippen LogP contribution >= 0.6 is 22.9 Å². The molecule has 4 nitrogen and oxygen atoms in total. The van der Waals surface area contributed by atoms with Gasteiger partial charge in [-0.25, -0.2) is 9.18 Å². The van der Waals surface area contributed by atoms with Gasteiger partial charge in [-0.3, -0.25) is 4.79 Å². The van der Waals surface area contributed by atoms with E-state index in [1.807, 2.05) is 0 Å². The van der Waals surface area contributed by atoms with Gasteiger partial charge in [0.2, 0.25) is 5.91 Å². The Morgan fingerprint density at radius 1 is 1.29 bits per heavy atom. The molecule has 7 heteroatoms. The number of anilines is 1. The van der Waals surface area contributed by atoms with Crippen LogP contribution in [-0.2, 0) is 4.79 Å². The summed E-state index contributed by atoms with van der Waals surface area (Å²) in [6, 6.07) is 7.01. The molecule has 0 bridgehead atoms. The third kappa shape index (κ3) is 4.14. The third-order valence-electron chi connectivity index (χ3n) is 2.43. The largest absolute Gasteiger partial charge is 0.477 e. The summed E-state index contributed by atoms with van der Waals surface area (Å²) in [6.45, 7) is 0. The molecular formula is C14H9ClFNO3S. The van der Waals surface area contributed by atoms with E-state index in [0.717, 1.165) is 11.3 Å². The Labute approximate surface area is 128 Å². The Bertz CT molecular complexity index is 727. The van der Waals surface area contributed by atoms with E-state index in [1.165, 1.54) is 42.5 Å². The highest BCUT2D eigenvalue weighted by atomic mass is 35.5. The molecule has 0 radical (unpaired) electrons. The molecule has 0 saturated heterocycles. The standard InChI is InChI=1S/C14H9ClFNO3S/c15-9-7-8(1-3-10(9)16)2-5-12(18)17-13-6-4-11(21-13)14(19)20/h1-7H,(H,17,18)(H,19,20)/b5-2+. The van der Waals surface area contributed by atoms with Crippen LogP contribution in [0.3, 0.4) is 0 Å². The van der Waals surface area contributed by atoms with Crippen LogP contribution in [-0.4, -0.2) is 17.0 Å². The monoisotopic (exact) mass is 325 g/mol. The number of carboxylic acid groups (broad SMARTS) is 1. The van der Waals surface area contributed by atoms with Gasteiger partial charge in [-0.2, -0.15) is 0 Å². The fraction of sp³-hybridized carbons (Fsp3) is 0. The van der Waals surface area contributed by atoms with E-state index < -0.39 is 17.7 Å². The van der Waals surface area contributed by atoms with Crippen molar-refractivity contribution in [1.82, 2.24) is 0 Å². The first-order chi connectivity index (χ1) is 9.95. The van der Waals surface area contributed by atoms with E-state index in [0.29, 0.717) is 10.6 Å². The van der Waals surface area contributed by atoms with Crippen molar-refractivity contribution in [2.45, 2.75) is 0 Å². The first kappa shape index (κ1) is 15.2. The highest BCUT2D eigenvalue weighted by Gasteiger charge is 2.08. The molecule has 2 aromatic rings. The van der Waals surface area contributed by atoms with Gasteiger partial charge in [0.25, 0.3) is 0 Å². The highest BCUT2D eigenvalue weighted by Crippen LogP contribution is 2.22. The number of carbonyl (C=O) groups is 2. The van der Waals surface area contributed by atoms with Crippen molar-refractivity contribution in [3.05, 3.63) is 57.7 Å². The summed E-state index contributed by atoms with van der Waals surface area (Å²) in [5.74, 6) is -2.00. The number of rotatable bonds is 4. The molecule has 0 spiro atoms. The molecular weight excluding hydrogens is 317 g/mol. The van der Waals surface area contributed by atoms with E-state index in [-0.39, 0.29) is 9.90 Å². The molecule has 0 fully saturated rings. The number of carbonyl (C=O) groups excluding carboxylic acids is 1. The lowest BCUT2D eigenvalue weighted by Crippen LogP contribution is -2.06. The van der Waals surface area contributed by atoms with E-state index in [2.05, 4.69) is 5.32 Å². The Morgan fingerprint density at radius 3 is 2.67 bits per heavy atom. The molecule has 2 N–H and O–H groups in total. The number of halogens is 2. The van der Waals surface area contributed by atoms with Crippen molar-refractivity contribution in [2.75, 3.05) is 5.32 Å². The van der Waals surface area contributed by atoms with Crippen LogP contribution in [0.5, 0.6) is 0 Å². The highest BCUT2D eigenvalue weighted by molar-refractivity contribution is 7.18. The average Bonchev–Trinajstić information content (AvgIpc) is 2.89. The quantitative estimate of drug-likeness (QED) is 0.838. The predicted octanol–water partition coefficient (Wildman–Crippen LogP) is 3.89. The zero-order chi connectivity index (χ0) is 15.4. The van der Waals surface area contributed by atoms with Crippen LogP contribution in [0.1, 0.15) is 15.2 Å². The molecule has 0 aliphatic carbocycles. The lowest BCUT2D eigenvalue weighted by atomic mass is 10.2. The van der Waals surface area contributed by atoms with Crippen molar-refractivity contribution < 1.29 is 19.1 Å². The molecule has 0 unspecified atom stereocenters. The van der Waals surface area contributed by atoms with Gasteiger partial charge in [0.15, 0.2) is 0 Å². The van der Waals surface area contributed by atoms with Crippen LogP contribution in [0.15, 0.2) is 36.4 Å². The van der Waals surface area contributed by atoms with Crippen LogP contribution < -0.4 is 5.32 Å². The molecule has 1 heterocycles. The number of amides is 1. The first-order valence-corrected chi connectivity index (χ1v) is 6.92. The van der Waals surface area contributed by atoms with Gasteiger partial charge in [-0.15, -0.1) is 11.3 Å². The van der Waals surface area contributed by atoms with E-state index in [9.17, 15) is 14.0 Å². The average molecular weight is 326 g/mol. The second-order valence-corrected chi connectivity index (χ2v) is 5.46. The fourth-order valence-electron chi connectivity index (χ4n) is 1.47. The zero-order valence-corrected chi connectivity index (χ0v) is 12.0. The number of aromatic carboxylic acids is 1. The van der Waals surface area contributed by atoms with Gasteiger partial charge >= 0.3 is 5.97 Å². The van der Waals surface area contributed by atoms with Crippen LogP contribution in [0.25, 0.3) is 6.08 Å². The van der Waals surface area contributed by atoms with Crippen molar-refractivity contribution in [1.29, 1.82) is 0 Å². The minimum Gasteiger partial charge on any atom is -0.477 e. The van der Waals surface area contributed by atoms with Gasteiger partial charge in [-0.1, -0.05) is 17.7 Å². The summed E-state index contributed by atoms with van der Waals surface area (Å²) < 4.78 is 13.0. The van der Waals surface area contributed by atoms with Gasteiger partial charge in [-0.05, 0) is 35.9 Å². The van der Waals surface area contributed by atoms with Crippen molar-refractivity contribution in [3.8, 4) is 0 Å². The molecule has 0 atom stereocenters. The number of nitrogens with one attached hydrogen (secondary N) is 1. The summed E-state index contributed by atoms with van der Waals surface area (Å²) in [5, 5.41) is 11.7. The molecule has 2 rings (SSSR count). The lowest BCUT2D eigenvalue weighted by Gasteiger charge is -1.98. The van der Waals surface area contributed by atoms with Crippen LogP contribution in [0, 0.1) is 5.82 Å². The summed E-state index contributed by atoms with van der Waals surface area (Å²) >= 11 is 6.59. The lowest BCUT2D eigenvalue weighted by molar-refractivity contribution is -0.111. The molecule has 21 heavy (non-hydrogen) atoms. The minimum atomic E-state index is -1.04. The van der Waals surface area contributed by atoms with Gasteiger partial charge in [0, 0.05) is 6.08 Å². The number of benzene rings is 1. The van der Waals surface area contributed by atoms with Gasteiger partial charge in [0.1, 0.15) is 10.7 Å². The topological polar surface area (TPSA) is 66.4 Å². The maximum absolute atomic E-state index is 13.0. The molecule has 108 valence electrons. The zero-order valence-electron chi connectivity index (χ0n) is 10.5. The number of carboxylic acids is 1. The van der Waals surface area contributed by atoms with Crippen molar-refractivity contribution in [3.63, 3.8) is 0 Å². The summed E-state index contributed by atoms with van der Waals surface area (Å²) in [7, 11) is 0. The smallest absolute Gasteiger partial charge is 0.345 e. The normalized spacial score (nSPS) is 10.8. The minimum absolute atomic E-state index is 0.0260. The van der Waals surface area contributed by atoms with E-state index in [4.69, 9.17) is 16.7 Å². The molecule has 0 aliphatic rings. The maximum Gasteiger partial charge on any atom is 0.345 e. The van der Waals surface area contributed by atoms with E-state index in [1.54, 1.807) is 0 Å². The van der Waals surface area contributed by atoms with Crippen LogP contribution in [0.4, 0.5) is 9.39 Å². The second kappa shape index (κ2) is 6.51. The molecule has 1 aromatic heterocycles. The fourth-order valence-corrected chi connectivity index (χ4v) is 2.41. The molecule has 1 aromatic carbocycles. The van der Waals surface area contributed by atoms with Crippen molar-refractivity contribution >= 4 is 45.9 Å². The second-order valence-electron chi connectivity index (χ2n) is 3.97. The maximum atomic E-state index is 13.0. The SMILES string of the molecule is O=C(/C=C/c1ccc(F)c(Cl)c1)Nc1ccc(C(=O)O)s1. The van der Waals surface area contributed by atoms with Gasteiger partial charge in [0.05, 0.1) is 10.0 Å². The number of hydrogen-bond donors (Lipinski definition) is 2. The Morgan fingerprint density at radius 2 is 2.05 bits per heavy atom. The van der Waals surface area contributed by atoms with Gasteiger partial charge < -0.3 is 10.4 Å². The predicted molar refractivity (Wildman–Crippen MR) is 80.4 cm³/mol. The molecule has 1 amide bonds. The number of hydrogen-bond acceptors (Lipinski definition) is 3. The Hall–Kier alpha value is -2.18. The summed E-state index contributed by atoms with van der Waals surface area (Å²) in [6.07, 6.45) is 2.73. The third-order valence-corrected chi connectivity index (χ3v) is 3.71. The van der Waals surface area contributed by atoms with Crippen LogP contribution in [0.2, 0.25) is 5.02 Å². The summed E-state index contributed by atoms with van der Waals surface area (Å²) in [4.78, 5) is 22.5. The first-order valence-electron chi connectivity index (χ1n) is 5.73. The van der Waals surface area contributed by atoms with Crippen molar-refractivity contribution in [2.24, 2.45) is 0 Å². The Kier molecular flexibility index (Phi) is 4.72. The van der Waals surface area contributed by atoms with E-state index >= 15 is 0 Å².